The van der Waals surface area contributed by atoms with Crippen LogP contribution in [0.25, 0.3) is 0 Å². The third-order valence-corrected chi connectivity index (χ3v) is 4.94. The van der Waals surface area contributed by atoms with Crippen LogP contribution in [-0.2, 0) is 0 Å². The molecule has 0 N–H and O–H groups in total. The molecule has 0 aliphatic rings. The highest BCUT2D eigenvalue weighted by molar-refractivity contribution is 7.99. The van der Waals surface area contributed by atoms with Gasteiger partial charge in [-0.1, -0.05) is 32.3 Å². The second-order valence-corrected chi connectivity index (χ2v) is 6.10. The molecule has 0 fully saturated rings. The van der Waals surface area contributed by atoms with Gasteiger partial charge in [-0.3, -0.25) is 0 Å². The number of hydrogen-bond acceptors (Lipinski definition) is 1. The molecule has 0 aromatic heterocycles. The first kappa shape index (κ1) is 14.6. The molecule has 0 spiro atoms. The summed E-state index contributed by atoms with van der Waals surface area (Å²) in [6.07, 6.45) is 5.44. The molecule has 1 rings (SSSR count). The monoisotopic (exact) mass is 250 g/mol. The largest absolute Gasteiger partial charge is 0.126 e. The summed E-state index contributed by atoms with van der Waals surface area (Å²) in [6, 6.07) is 2.31. The summed E-state index contributed by atoms with van der Waals surface area (Å²) < 4.78 is 0. The van der Waals surface area contributed by atoms with Crippen molar-refractivity contribution in [2.75, 3.05) is 5.75 Å². The minimum absolute atomic E-state index is 1.27. The van der Waals surface area contributed by atoms with Gasteiger partial charge >= 0.3 is 0 Å². The lowest BCUT2D eigenvalue weighted by Gasteiger charge is -2.14. The Labute approximate surface area is 111 Å². The molecule has 0 bridgehead atoms. The number of rotatable bonds is 6. The van der Waals surface area contributed by atoms with Crippen molar-refractivity contribution < 1.29 is 0 Å². The van der Waals surface area contributed by atoms with Crippen LogP contribution >= 0.6 is 11.8 Å². The molecule has 0 amide bonds. The molecular weight excluding hydrogens is 224 g/mol. The minimum atomic E-state index is 1.27. The molecule has 0 unspecified atom stereocenters. The van der Waals surface area contributed by atoms with Crippen molar-refractivity contribution in [3.63, 3.8) is 0 Å². The van der Waals surface area contributed by atoms with Gasteiger partial charge < -0.3 is 0 Å². The molecule has 0 atom stereocenters. The highest BCUT2D eigenvalue weighted by Crippen LogP contribution is 2.31. The van der Waals surface area contributed by atoms with E-state index in [0.29, 0.717) is 0 Å². The van der Waals surface area contributed by atoms with Crippen LogP contribution in [0.4, 0.5) is 0 Å². The molecule has 0 aliphatic heterocycles. The lowest BCUT2D eigenvalue weighted by Crippen LogP contribution is -1.94. The van der Waals surface area contributed by atoms with Crippen molar-refractivity contribution in [1.82, 2.24) is 0 Å². The summed E-state index contributed by atoms with van der Waals surface area (Å²) in [5.74, 6) is 1.27. The summed E-state index contributed by atoms with van der Waals surface area (Å²) in [7, 11) is 0. The van der Waals surface area contributed by atoms with Gasteiger partial charge in [-0.25, -0.2) is 0 Å². The van der Waals surface area contributed by atoms with E-state index in [4.69, 9.17) is 0 Å². The van der Waals surface area contributed by atoms with Gasteiger partial charge in [-0.05, 0) is 62.1 Å². The molecule has 96 valence electrons. The third kappa shape index (κ3) is 4.06. The molecular formula is C16H26S. The molecule has 0 nitrogen and oxygen atoms in total. The van der Waals surface area contributed by atoms with Crippen LogP contribution in [0.15, 0.2) is 11.0 Å². The van der Waals surface area contributed by atoms with Gasteiger partial charge in [0.15, 0.2) is 0 Å². The second-order valence-electron chi connectivity index (χ2n) is 5.00. The number of unbranched alkanes of at least 4 members (excludes halogenated alkanes) is 3. The van der Waals surface area contributed by atoms with Crippen molar-refractivity contribution in [1.29, 1.82) is 0 Å². The smallest absolute Gasteiger partial charge is 0.0136 e. The Morgan fingerprint density at radius 3 is 2.00 bits per heavy atom. The van der Waals surface area contributed by atoms with Gasteiger partial charge in [0.25, 0.3) is 0 Å². The molecule has 1 heteroatoms. The van der Waals surface area contributed by atoms with Crippen LogP contribution < -0.4 is 0 Å². The number of hydrogen-bond donors (Lipinski definition) is 0. The lowest BCUT2D eigenvalue weighted by molar-refractivity contribution is 0.706. The SMILES string of the molecule is CCCCCCSc1c(C)c(C)cc(C)c1C. The van der Waals surface area contributed by atoms with Crippen LogP contribution in [0.2, 0.25) is 0 Å². The zero-order valence-electron chi connectivity index (χ0n) is 12.0. The fraction of sp³-hybridized carbons (Fsp3) is 0.625. The molecule has 1 aromatic carbocycles. The fourth-order valence-corrected chi connectivity index (χ4v) is 3.41. The van der Waals surface area contributed by atoms with Crippen molar-refractivity contribution in [3.8, 4) is 0 Å². The van der Waals surface area contributed by atoms with E-state index in [0.717, 1.165) is 0 Å². The Kier molecular flexibility index (Phi) is 6.11. The van der Waals surface area contributed by atoms with E-state index in [-0.39, 0.29) is 0 Å². The Morgan fingerprint density at radius 2 is 1.47 bits per heavy atom. The van der Waals surface area contributed by atoms with E-state index >= 15 is 0 Å². The predicted octanol–water partition coefficient (Wildman–Crippen LogP) is 5.59. The summed E-state index contributed by atoms with van der Waals surface area (Å²) in [5, 5.41) is 0. The molecule has 0 radical (unpaired) electrons. The lowest BCUT2D eigenvalue weighted by atomic mass is 10.0. The van der Waals surface area contributed by atoms with Crippen LogP contribution in [-0.4, -0.2) is 5.75 Å². The third-order valence-electron chi connectivity index (χ3n) is 3.54. The average Bonchev–Trinajstić information content (AvgIpc) is 2.30. The first-order chi connectivity index (χ1) is 8.07. The molecule has 0 heterocycles. The van der Waals surface area contributed by atoms with Gasteiger partial charge in [0.1, 0.15) is 0 Å². The van der Waals surface area contributed by atoms with Crippen molar-refractivity contribution >= 4 is 11.8 Å². The molecule has 0 aliphatic carbocycles. The van der Waals surface area contributed by atoms with E-state index in [1.165, 1.54) is 58.6 Å². The van der Waals surface area contributed by atoms with Crippen LogP contribution in [0.1, 0.15) is 54.9 Å². The maximum atomic E-state index is 2.31. The molecule has 0 saturated carbocycles. The first-order valence-corrected chi connectivity index (χ1v) is 7.76. The van der Waals surface area contributed by atoms with Gasteiger partial charge in [-0.15, -0.1) is 11.8 Å². The van der Waals surface area contributed by atoms with E-state index < -0.39 is 0 Å². The maximum absolute atomic E-state index is 2.31. The normalized spacial score (nSPS) is 10.9. The summed E-state index contributed by atoms with van der Waals surface area (Å²) in [6.45, 7) is 11.2. The topological polar surface area (TPSA) is 0 Å². The van der Waals surface area contributed by atoms with Gasteiger partial charge in [0.05, 0.1) is 0 Å². The summed E-state index contributed by atoms with van der Waals surface area (Å²) in [4.78, 5) is 1.53. The second kappa shape index (κ2) is 7.10. The molecule has 17 heavy (non-hydrogen) atoms. The van der Waals surface area contributed by atoms with Crippen molar-refractivity contribution in [2.45, 2.75) is 65.2 Å². The Bertz CT molecular complexity index is 340. The van der Waals surface area contributed by atoms with Crippen LogP contribution in [0.5, 0.6) is 0 Å². The summed E-state index contributed by atoms with van der Waals surface area (Å²) >= 11 is 2.05. The predicted molar refractivity (Wildman–Crippen MR) is 80.3 cm³/mol. The number of thioether (sulfide) groups is 1. The molecule has 0 saturated heterocycles. The van der Waals surface area contributed by atoms with E-state index in [1.54, 1.807) is 0 Å². The van der Waals surface area contributed by atoms with E-state index in [1.807, 2.05) is 0 Å². The van der Waals surface area contributed by atoms with Gasteiger partial charge in [-0.2, -0.15) is 0 Å². The Balaban J connectivity index is 2.64. The van der Waals surface area contributed by atoms with Gasteiger partial charge in [0, 0.05) is 4.90 Å². The van der Waals surface area contributed by atoms with E-state index in [2.05, 4.69) is 52.4 Å². The highest BCUT2D eigenvalue weighted by atomic mass is 32.2. The number of aryl methyl sites for hydroxylation is 2. The maximum Gasteiger partial charge on any atom is 0.0136 e. The van der Waals surface area contributed by atoms with Crippen molar-refractivity contribution in [2.24, 2.45) is 0 Å². The Morgan fingerprint density at radius 1 is 0.882 bits per heavy atom. The zero-order valence-corrected chi connectivity index (χ0v) is 12.8. The van der Waals surface area contributed by atoms with Gasteiger partial charge in [0.2, 0.25) is 0 Å². The average molecular weight is 250 g/mol. The van der Waals surface area contributed by atoms with Crippen LogP contribution in [0, 0.1) is 27.7 Å². The zero-order chi connectivity index (χ0) is 12.8. The Hall–Kier alpha value is -0.430. The fourth-order valence-electron chi connectivity index (χ4n) is 2.10. The summed E-state index contributed by atoms with van der Waals surface area (Å²) in [5.41, 5.74) is 5.83. The quantitative estimate of drug-likeness (QED) is 0.468. The highest BCUT2D eigenvalue weighted by Gasteiger charge is 2.08. The minimum Gasteiger partial charge on any atom is -0.126 e. The van der Waals surface area contributed by atoms with E-state index in [9.17, 15) is 0 Å². The standard InChI is InChI=1S/C16H26S/c1-6-7-8-9-10-17-16-14(4)12(2)11-13(3)15(16)5/h11H,6-10H2,1-5H3. The number of benzene rings is 1. The van der Waals surface area contributed by atoms with Crippen molar-refractivity contribution in [3.05, 3.63) is 28.3 Å². The van der Waals surface area contributed by atoms with Crippen LogP contribution in [0.3, 0.4) is 0 Å². The first-order valence-electron chi connectivity index (χ1n) is 6.78. The molecule has 1 aromatic rings.